The summed E-state index contributed by atoms with van der Waals surface area (Å²) in [5.74, 6) is 3.80. The smallest absolute Gasteiger partial charge is 0.165 e. The number of fused-ring (bicyclic) bond motifs is 3. The van der Waals surface area contributed by atoms with Gasteiger partial charge in [0, 0.05) is 27.3 Å². The Morgan fingerprint density at radius 2 is 1.33 bits per heavy atom. The topological polar surface area (TPSA) is 67.4 Å². The van der Waals surface area contributed by atoms with Crippen LogP contribution >= 0.6 is 0 Å². The molecule has 4 aromatic carbocycles. The first-order chi connectivity index (χ1) is 20.6. The number of rotatable bonds is 4. The van der Waals surface area contributed by atoms with E-state index < -0.39 is 0 Å². The van der Waals surface area contributed by atoms with Gasteiger partial charge in [-0.25, -0.2) is 15.0 Å². The molecule has 3 unspecified atom stereocenters. The highest BCUT2D eigenvalue weighted by Gasteiger charge is 2.74. The van der Waals surface area contributed by atoms with Crippen molar-refractivity contribution in [1.82, 2.24) is 19.5 Å². The molecule has 3 fully saturated rings. The lowest BCUT2D eigenvalue weighted by Gasteiger charge is -2.32. The average Bonchev–Trinajstić information content (AvgIpc) is 3.90. The van der Waals surface area contributed by atoms with Crippen molar-refractivity contribution in [3.63, 3.8) is 0 Å². The van der Waals surface area contributed by atoms with E-state index in [0.29, 0.717) is 22.6 Å². The fourth-order valence-electron chi connectivity index (χ4n) is 8.10. The Labute approximate surface area is 244 Å². The molecule has 9 rings (SSSR count). The predicted molar refractivity (Wildman–Crippen MR) is 165 cm³/mol. The second-order valence-electron chi connectivity index (χ2n) is 12.9. The van der Waals surface area contributed by atoms with Crippen molar-refractivity contribution >= 4 is 21.8 Å². The summed E-state index contributed by atoms with van der Waals surface area (Å²) in [6, 6.07) is 35.5. The molecule has 4 atom stereocenters. The molecular formula is C37H29N5. The highest BCUT2D eigenvalue weighted by molar-refractivity contribution is 6.09. The van der Waals surface area contributed by atoms with Crippen LogP contribution in [0.2, 0.25) is 0 Å². The Morgan fingerprint density at radius 1 is 0.714 bits per heavy atom. The Hall–Kier alpha value is -4.82. The summed E-state index contributed by atoms with van der Waals surface area (Å²) in [7, 11) is 0. The van der Waals surface area contributed by atoms with E-state index in [4.69, 9.17) is 15.0 Å². The summed E-state index contributed by atoms with van der Waals surface area (Å²) in [6.07, 6.45) is 5.02. The minimum atomic E-state index is -0.0904. The number of hydrogen-bond acceptors (Lipinski definition) is 4. The minimum Gasteiger partial charge on any atom is -0.309 e. The molecule has 42 heavy (non-hydrogen) atoms. The summed E-state index contributed by atoms with van der Waals surface area (Å²) in [5.41, 5.74) is 6.15. The normalized spacial score (nSPS) is 25.5. The molecule has 5 nitrogen and oxygen atoms in total. The molecule has 0 aliphatic heterocycles. The molecule has 1 spiro atoms. The highest BCUT2D eigenvalue weighted by Crippen LogP contribution is 2.81. The second-order valence-corrected chi connectivity index (χ2v) is 12.9. The molecule has 3 aliphatic carbocycles. The Morgan fingerprint density at radius 3 is 2.00 bits per heavy atom. The van der Waals surface area contributed by atoms with E-state index in [1.54, 1.807) is 0 Å². The fourth-order valence-corrected chi connectivity index (χ4v) is 8.10. The first-order valence-corrected chi connectivity index (χ1v) is 14.9. The largest absolute Gasteiger partial charge is 0.309 e. The number of hydrogen-bond donors (Lipinski definition) is 0. The zero-order chi connectivity index (χ0) is 28.1. The minimum absolute atomic E-state index is 0.0904. The number of nitrogens with zero attached hydrogens (tertiary/aromatic N) is 5. The number of aromatic nitrogens is 4. The van der Waals surface area contributed by atoms with Crippen molar-refractivity contribution in [3.05, 3.63) is 108 Å². The molecule has 0 N–H and O–H groups in total. The van der Waals surface area contributed by atoms with Crippen molar-refractivity contribution in [3.8, 4) is 34.5 Å². The van der Waals surface area contributed by atoms with Crippen LogP contribution in [0.1, 0.15) is 44.0 Å². The van der Waals surface area contributed by atoms with E-state index in [1.165, 1.54) is 23.6 Å². The third-order valence-corrected chi connectivity index (χ3v) is 10.3. The number of nitriles is 1. The maximum atomic E-state index is 9.96. The summed E-state index contributed by atoms with van der Waals surface area (Å²) < 4.78 is 2.29. The van der Waals surface area contributed by atoms with Gasteiger partial charge in [0.15, 0.2) is 11.6 Å². The van der Waals surface area contributed by atoms with E-state index in [2.05, 4.69) is 78.2 Å². The molecule has 0 saturated heterocycles. The van der Waals surface area contributed by atoms with E-state index in [9.17, 15) is 5.26 Å². The fraction of sp³-hybridized carbons (Fsp3) is 0.243. The molecule has 0 amide bonds. The molecule has 2 heterocycles. The zero-order valence-electron chi connectivity index (χ0n) is 23.5. The van der Waals surface area contributed by atoms with Crippen LogP contribution in [0.25, 0.3) is 50.3 Å². The van der Waals surface area contributed by atoms with Gasteiger partial charge in [0.2, 0.25) is 0 Å². The first kappa shape index (κ1) is 23.8. The van der Waals surface area contributed by atoms with Crippen LogP contribution in [0.15, 0.2) is 97.1 Å². The molecule has 2 aromatic heterocycles. The maximum Gasteiger partial charge on any atom is 0.165 e. The summed E-state index contributed by atoms with van der Waals surface area (Å²) in [6.45, 7) is 2.36. The van der Waals surface area contributed by atoms with Gasteiger partial charge >= 0.3 is 0 Å². The van der Waals surface area contributed by atoms with E-state index in [1.807, 2.05) is 36.4 Å². The lowest BCUT2D eigenvalue weighted by atomic mass is 9.75. The van der Waals surface area contributed by atoms with Crippen molar-refractivity contribution < 1.29 is 0 Å². The summed E-state index contributed by atoms with van der Waals surface area (Å²) >= 11 is 0. The molecule has 202 valence electrons. The number of para-hydroxylation sites is 2. The monoisotopic (exact) mass is 543 g/mol. The van der Waals surface area contributed by atoms with Gasteiger partial charge in [0.05, 0.1) is 28.4 Å². The standard InChI is InChI=1S/C37H29N5/c1-36(18-25-20-37(25)21-26(37)19-36)35-40-33(24-9-3-2-4-10-24)39-34(41-35)29-17-23(22-38)15-16-32(29)42-30-13-7-5-11-27(30)28-12-6-8-14-31(28)42/h2-17,25-26H,18-21H2,1H3/t25-,26?,36?,37?/m1/s1. The van der Waals surface area contributed by atoms with E-state index >= 15 is 0 Å². The molecule has 6 aromatic rings. The van der Waals surface area contributed by atoms with Crippen molar-refractivity contribution in [1.29, 1.82) is 5.26 Å². The van der Waals surface area contributed by atoms with Crippen molar-refractivity contribution in [2.75, 3.05) is 0 Å². The van der Waals surface area contributed by atoms with Gasteiger partial charge in [-0.15, -0.1) is 0 Å². The van der Waals surface area contributed by atoms with Crippen LogP contribution in [0.4, 0.5) is 0 Å². The second kappa shape index (κ2) is 8.36. The highest BCUT2D eigenvalue weighted by atomic mass is 15.1. The van der Waals surface area contributed by atoms with Gasteiger partial charge in [0.1, 0.15) is 5.82 Å². The molecular weight excluding hydrogens is 514 g/mol. The first-order valence-electron chi connectivity index (χ1n) is 14.9. The van der Waals surface area contributed by atoms with E-state index in [0.717, 1.165) is 58.3 Å². The van der Waals surface area contributed by atoms with Crippen molar-refractivity contribution in [2.45, 2.75) is 38.0 Å². The van der Waals surface area contributed by atoms with Gasteiger partial charge in [-0.05, 0) is 73.3 Å². The quantitative estimate of drug-likeness (QED) is 0.224. The molecule has 0 radical (unpaired) electrons. The van der Waals surface area contributed by atoms with Gasteiger partial charge in [-0.1, -0.05) is 73.7 Å². The Bertz CT molecular complexity index is 2030. The molecule has 3 saturated carbocycles. The van der Waals surface area contributed by atoms with Crippen LogP contribution < -0.4 is 0 Å². The lowest BCUT2D eigenvalue weighted by molar-refractivity contribution is 0.284. The van der Waals surface area contributed by atoms with Crippen LogP contribution in [0.5, 0.6) is 0 Å². The van der Waals surface area contributed by atoms with Gasteiger partial charge in [-0.3, -0.25) is 0 Å². The lowest BCUT2D eigenvalue weighted by Crippen LogP contribution is -2.30. The zero-order valence-corrected chi connectivity index (χ0v) is 23.5. The van der Waals surface area contributed by atoms with Crippen LogP contribution in [0, 0.1) is 28.6 Å². The van der Waals surface area contributed by atoms with Gasteiger partial charge in [0.25, 0.3) is 0 Å². The molecule has 0 bridgehead atoms. The van der Waals surface area contributed by atoms with E-state index in [-0.39, 0.29) is 5.41 Å². The Balaban J connectivity index is 1.31. The predicted octanol–water partition coefficient (Wildman–Crippen LogP) is 8.25. The summed E-state index contributed by atoms with van der Waals surface area (Å²) in [4.78, 5) is 15.6. The van der Waals surface area contributed by atoms with Crippen molar-refractivity contribution in [2.24, 2.45) is 17.3 Å². The van der Waals surface area contributed by atoms with Crippen LogP contribution in [0.3, 0.4) is 0 Å². The van der Waals surface area contributed by atoms with Crippen LogP contribution in [-0.2, 0) is 5.41 Å². The maximum absolute atomic E-state index is 9.96. The average molecular weight is 544 g/mol. The third kappa shape index (κ3) is 3.39. The van der Waals surface area contributed by atoms with Gasteiger partial charge in [-0.2, -0.15) is 5.26 Å². The Kier molecular flexibility index (Phi) is 4.75. The number of benzene rings is 4. The van der Waals surface area contributed by atoms with Gasteiger partial charge < -0.3 is 4.57 Å². The summed E-state index contributed by atoms with van der Waals surface area (Å²) in [5, 5.41) is 12.3. The molecule has 3 aliphatic rings. The third-order valence-electron chi connectivity index (χ3n) is 10.3. The van der Waals surface area contributed by atoms with Crippen LogP contribution in [-0.4, -0.2) is 19.5 Å². The SMILES string of the molecule is CC1(c2nc(-c3ccccc3)nc(-c3cc(C#N)ccc3-n3c4ccccc4c4ccccc43)n2)CC2CC23C[C@H]3C1. The molecule has 5 heteroatoms.